The molecule has 3 heteroatoms. The number of aryl methyl sites for hydroxylation is 1. The van der Waals surface area contributed by atoms with Crippen LogP contribution in [0.1, 0.15) is 41.9 Å². The van der Waals surface area contributed by atoms with Crippen LogP contribution in [-0.2, 0) is 6.42 Å². The molecule has 2 aromatic rings. The molecule has 3 rings (SSSR count). The zero-order valence-corrected chi connectivity index (χ0v) is 9.54. The largest absolute Gasteiger partial charge is 0.467 e. The Morgan fingerprint density at radius 1 is 1.35 bits per heavy atom. The van der Waals surface area contributed by atoms with E-state index in [1.165, 1.54) is 5.56 Å². The van der Waals surface area contributed by atoms with Gasteiger partial charge in [-0.25, -0.2) is 0 Å². The lowest BCUT2D eigenvalue weighted by Gasteiger charge is -2.27. The molecule has 1 N–H and O–H groups in total. The fourth-order valence-corrected chi connectivity index (χ4v) is 2.61. The molecule has 0 saturated carbocycles. The van der Waals surface area contributed by atoms with Gasteiger partial charge in [0.2, 0.25) is 0 Å². The summed E-state index contributed by atoms with van der Waals surface area (Å²) in [5.74, 6) is 0.694. The molecule has 0 spiro atoms. The summed E-state index contributed by atoms with van der Waals surface area (Å²) in [6.45, 7) is 0. The number of pyridine rings is 1. The fourth-order valence-electron chi connectivity index (χ4n) is 2.61. The van der Waals surface area contributed by atoms with Crippen LogP contribution in [0.15, 0.2) is 41.1 Å². The van der Waals surface area contributed by atoms with E-state index in [-0.39, 0.29) is 5.92 Å². The van der Waals surface area contributed by atoms with Crippen molar-refractivity contribution in [2.24, 2.45) is 0 Å². The molecule has 2 aromatic heterocycles. The maximum Gasteiger partial charge on any atom is 0.132 e. The van der Waals surface area contributed by atoms with Gasteiger partial charge in [-0.15, -0.1) is 0 Å². The molecule has 88 valence electrons. The van der Waals surface area contributed by atoms with Gasteiger partial charge in [0, 0.05) is 17.8 Å². The van der Waals surface area contributed by atoms with Crippen molar-refractivity contribution >= 4 is 0 Å². The van der Waals surface area contributed by atoms with Gasteiger partial charge in [-0.3, -0.25) is 4.98 Å². The van der Waals surface area contributed by atoms with Crippen LogP contribution in [0, 0.1) is 0 Å². The van der Waals surface area contributed by atoms with Crippen molar-refractivity contribution in [3.8, 4) is 0 Å². The Labute approximate surface area is 100 Å². The van der Waals surface area contributed by atoms with Gasteiger partial charge >= 0.3 is 0 Å². The average molecular weight is 229 g/mol. The van der Waals surface area contributed by atoms with Crippen molar-refractivity contribution in [1.29, 1.82) is 0 Å². The van der Waals surface area contributed by atoms with Gasteiger partial charge < -0.3 is 9.52 Å². The lowest BCUT2D eigenvalue weighted by Crippen LogP contribution is -2.18. The topological polar surface area (TPSA) is 46.3 Å². The van der Waals surface area contributed by atoms with Gasteiger partial charge in [0.25, 0.3) is 0 Å². The molecular formula is C14H15NO2. The average Bonchev–Trinajstić information content (AvgIpc) is 2.91. The minimum Gasteiger partial charge on any atom is -0.467 e. The predicted molar refractivity (Wildman–Crippen MR) is 63.6 cm³/mol. The third-order valence-corrected chi connectivity index (χ3v) is 3.45. The Bertz CT molecular complexity index is 493. The summed E-state index contributed by atoms with van der Waals surface area (Å²) in [5.41, 5.74) is 2.29. The summed E-state index contributed by atoms with van der Waals surface area (Å²) in [6, 6.07) is 7.69. The second kappa shape index (κ2) is 4.34. The Balaban J connectivity index is 1.95. The Morgan fingerprint density at radius 3 is 3.12 bits per heavy atom. The third-order valence-electron chi connectivity index (χ3n) is 3.45. The predicted octanol–water partition coefficient (Wildman–Crippen LogP) is 2.83. The zero-order valence-electron chi connectivity index (χ0n) is 9.54. The van der Waals surface area contributed by atoms with E-state index in [0.29, 0.717) is 5.76 Å². The molecule has 0 aliphatic heterocycles. The Morgan fingerprint density at radius 2 is 2.29 bits per heavy atom. The monoisotopic (exact) mass is 229 g/mol. The number of rotatable bonds is 2. The highest BCUT2D eigenvalue weighted by Gasteiger charge is 2.30. The van der Waals surface area contributed by atoms with Crippen LogP contribution >= 0.6 is 0 Å². The van der Waals surface area contributed by atoms with Crippen molar-refractivity contribution in [2.45, 2.75) is 31.3 Å². The Kier molecular flexibility index (Phi) is 2.69. The van der Waals surface area contributed by atoms with Gasteiger partial charge in [-0.1, -0.05) is 6.07 Å². The number of nitrogens with zero attached hydrogens (tertiary/aromatic N) is 1. The van der Waals surface area contributed by atoms with Crippen molar-refractivity contribution in [3.05, 3.63) is 53.7 Å². The highest BCUT2D eigenvalue weighted by atomic mass is 16.4. The number of hydrogen-bond donors (Lipinski definition) is 1. The smallest absolute Gasteiger partial charge is 0.132 e. The van der Waals surface area contributed by atoms with Crippen LogP contribution in [0.25, 0.3) is 0 Å². The molecule has 0 amide bonds. The summed E-state index contributed by atoms with van der Waals surface area (Å²) < 4.78 is 5.29. The van der Waals surface area contributed by atoms with E-state index in [9.17, 15) is 5.11 Å². The molecule has 2 atom stereocenters. The number of hydrogen-bond acceptors (Lipinski definition) is 3. The van der Waals surface area contributed by atoms with Crippen LogP contribution in [0.3, 0.4) is 0 Å². The number of aliphatic hydroxyl groups excluding tert-OH is 1. The number of fused-ring (bicyclic) bond motifs is 1. The van der Waals surface area contributed by atoms with E-state index in [0.717, 1.165) is 25.0 Å². The van der Waals surface area contributed by atoms with Crippen molar-refractivity contribution in [3.63, 3.8) is 0 Å². The lowest BCUT2D eigenvalue weighted by atomic mass is 9.82. The molecular weight excluding hydrogens is 214 g/mol. The molecule has 0 aromatic carbocycles. The molecule has 3 nitrogen and oxygen atoms in total. The molecule has 0 bridgehead atoms. The molecule has 0 saturated heterocycles. The van der Waals surface area contributed by atoms with Crippen LogP contribution in [0.4, 0.5) is 0 Å². The first kappa shape index (κ1) is 10.5. The highest BCUT2D eigenvalue weighted by Crippen LogP contribution is 2.39. The standard InChI is InChI=1S/C14H15NO2/c16-14(12-7-3-9-17-12)11-6-1-4-10-5-2-8-15-13(10)11/h2-3,5,7-9,11,14,16H,1,4,6H2. The van der Waals surface area contributed by atoms with E-state index in [2.05, 4.69) is 11.1 Å². The minimum absolute atomic E-state index is 0.0612. The zero-order chi connectivity index (χ0) is 11.7. The minimum atomic E-state index is -0.584. The molecule has 2 unspecified atom stereocenters. The maximum absolute atomic E-state index is 10.3. The fraction of sp³-hybridized carbons (Fsp3) is 0.357. The van der Waals surface area contributed by atoms with E-state index in [1.54, 1.807) is 18.5 Å². The van der Waals surface area contributed by atoms with Crippen molar-refractivity contribution in [2.75, 3.05) is 0 Å². The van der Waals surface area contributed by atoms with Crippen molar-refractivity contribution in [1.82, 2.24) is 4.98 Å². The third kappa shape index (κ3) is 1.87. The van der Waals surface area contributed by atoms with Gasteiger partial charge in [0.15, 0.2) is 0 Å². The maximum atomic E-state index is 10.3. The van der Waals surface area contributed by atoms with E-state index in [4.69, 9.17) is 4.42 Å². The number of aliphatic hydroxyl groups is 1. The van der Waals surface area contributed by atoms with Crippen LogP contribution in [-0.4, -0.2) is 10.1 Å². The second-order valence-electron chi connectivity index (χ2n) is 4.51. The van der Waals surface area contributed by atoms with Crippen LogP contribution in [0.5, 0.6) is 0 Å². The van der Waals surface area contributed by atoms with Gasteiger partial charge in [-0.05, 0) is 43.0 Å². The van der Waals surface area contributed by atoms with Gasteiger partial charge in [0.05, 0.1) is 6.26 Å². The highest BCUT2D eigenvalue weighted by molar-refractivity contribution is 5.28. The Hall–Kier alpha value is -1.61. The first-order valence-corrected chi connectivity index (χ1v) is 6.01. The first-order valence-electron chi connectivity index (χ1n) is 6.01. The summed E-state index contributed by atoms with van der Waals surface area (Å²) in [5, 5.41) is 10.3. The molecule has 1 aliphatic rings. The number of aromatic nitrogens is 1. The summed E-state index contributed by atoms with van der Waals surface area (Å²) in [7, 11) is 0. The summed E-state index contributed by atoms with van der Waals surface area (Å²) >= 11 is 0. The van der Waals surface area contributed by atoms with Crippen LogP contribution < -0.4 is 0 Å². The number of furan rings is 1. The quantitative estimate of drug-likeness (QED) is 0.861. The summed E-state index contributed by atoms with van der Waals surface area (Å²) in [6.07, 6.45) is 5.93. The lowest BCUT2D eigenvalue weighted by molar-refractivity contribution is 0.110. The van der Waals surface area contributed by atoms with Crippen LogP contribution in [0.2, 0.25) is 0 Å². The van der Waals surface area contributed by atoms with Gasteiger partial charge in [-0.2, -0.15) is 0 Å². The van der Waals surface area contributed by atoms with E-state index >= 15 is 0 Å². The second-order valence-corrected chi connectivity index (χ2v) is 4.51. The SMILES string of the molecule is OC(c1ccco1)C1CCCc2cccnc21. The molecule has 2 heterocycles. The first-order chi connectivity index (χ1) is 8.36. The molecule has 0 fully saturated rings. The molecule has 0 radical (unpaired) electrons. The normalized spacial score (nSPS) is 20.9. The van der Waals surface area contributed by atoms with Gasteiger partial charge in [0.1, 0.15) is 11.9 Å². The van der Waals surface area contributed by atoms with E-state index < -0.39 is 6.10 Å². The van der Waals surface area contributed by atoms with E-state index in [1.807, 2.05) is 12.1 Å². The summed E-state index contributed by atoms with van der Waals surface area (Å²) in [4.78, 5) is 4.43. The van der Waals surface area contributed by atoms with Crippen molar-refractivity contribution < 1.29 is 9.52 Å². The molecule has 1 aliphatic carbocycles. The molecule has 17 heavy (non-hydrogen) atoms.